The van der Waals surface area contributed by atoms with Crippen molar-refractivity contribution >= 4 is 27.6 Å². The number of methoxy groups -OCH3 is 2. The summed E-state index contributed by atoms with van der Waals surface area (Å²) < 4.78 is 11.5. The van der Waals surface area contributed by atoms with E-state index in [0.29, 0.717) is 13.1 Å². The molecule has 0 aliphatic carbocycles. The van der Waals surface area contributed by atoms with E-state index in [9.17, 15) is 4.79 Å². The van der Waals surface area contributed by atoms with Gasteiger partial charge in [-0.25, -0.2) is 4.79 Å². The number of nitrogens with zero attached hydrogens (tertiary/aromatic N) is 1. The Morgan fingerprint density at radius 3 is 2.32 bits per heavy atom. The summed E-state index contributed by atoms with van der Waals surface area (Å²) in [5.41, 5.74) is 1.12. The first kappa shape index (κ1) is 14.3. The minimum Gasteiger partial charge on any atom is -0.478 e. The third-order valence-corrected chi connectivity index (χ3v) is 3.77. The van der Waals surface area contributed by atoms with Crippen LogP contribution in [0.15, 0.2) is 22.7 Å². The highest BCUT2D eigenvalue weighted by Crippen LogP contribution is 2.27. The number of carboxylic acids is 1. The molecule has 6 heteroatoms. The van der Waals surface area contributed by atoms with Gasteiger partial charge in [0.05, 0.1) is 5.56 Å². The van der Waals surface area contributed by atoms with Gasteiger partial charge < -0.3 is 19.5 Å². The van der Waals surface area contributed by atoms with Crippen LogP contribution in [0.25, 0.3) is 0 Å². The van der Waals surface area contributed by atoms with E-state index in [-0.39, 0.29) is 17.8 Å². The van der Waals surface area contributed by atoms with E-state index >= 15 is 0 Å². The van der Waals surface area contributed by atoms with Gasteiger partial charge in [0.15, 0.2) is 0 Å². The van der Waals surface area contributed by atoms with Crippen molar-refractivity contribution in [3.05, 3.63) is 28.2 Å². The lowest BCUT2D eigenvalue weighted by Crippen LogP contribution is -2.27. The topological polar surface area (TPSA) is 59.0 Å². The van der Waals surface area contributed by atoms with E-state index in [1.165, 1.54) is 0 Å². The molecule has 1 heterocycles. The third-order valence-electron chi connectivity index (χ3n) is 3.32. The smallest absolute Gasteiger partial charge is 0.335 e. The van der Waals surface area contributed by atoms with E-state index in [1.807, 2.05) is 6.07 Å². The summed E-state index contributed by atoms with van der Waals surface area (Å²) in [7, 11) is 3.31. The summed E-state index contributed by atoms with van der Waals surface area (Å²) in [6, 6.07) is 5.15. The zero-order valence-electron chi connectivity index (χ0n) is 10.8. The highest BCUT2D eigenvalue weighted by molar-refractivity contribution is 9.10. The number of hydrogen-bond donors (Lipinski definition) is 1. The Morgan fingerprint density at radius 2 is 1.84 bits per heavy atom. The molecule has 0 radical (unpaired) electrons. The number of ether oxygens (including phenoxy) is 2. The van der Waals surface area contributed by atoms with Gasteiger partial charge in [-0.15, -0.1) is 0 Å². The fraction of sp³-hybridized carbons (Fsp3) is 0.462. The molecule has 2 unspecified atom stereocenters. The summed E-state index contributed by atoms with van der Waals surface area (Å²) in [6.45, 7) is 1.37. The van der Waals surface area contributed by atoms with Crippen LogP contribution in [0.3, 0.4) is 0 Å². The number of hydrogen-bond acceptors (Lipinski definition) is 4. The van der Waals surface area contributed by atoms with Crippen molar-refractivity contribution in [3.8, 4) is 0 Å². The number of rotatable bonds is 4. The minimum atomic E-state index is -0.937. The molecule has 1 aromatic carbocycles. The number of carboxylic acid groups (broad SMARTS) is 1. The highest BCUT2D eigenvalue weighted by Gasteiger charge is 2.33. The molecule has 1 aromatic rings. The van der Waals surface area contributed by atoms with E-state index in [4.69, 9.17) is 14.6 Å². The molecule has 0 spiro atoms. The molecule has 0 aromatic heterocycles. The molecular weight excluding hydrogens is 314 g/mol. The third kappa shape index (κ3) is 3.08. The molecule has 0 bridgehead atoms. The van der Waals surface area contributed by atoms with Gasteiger partial charge in [0.1, 0.15) is 12.2 Å². The lowest BCUT2D eigenvalue weighted by Gasteiger charge is -2.19. The predicted molar refractivity (Wildman–Crippen MR) is 74.9 cm³/mol. The molecule has 0 saturated carbocycles. The van der Waals surface area contributed by atoms with Crippen LogP contribution in [-0.2, 0) is 9.47 Å². The van der Waals surface area contributed by atoms with Gasteiger partial charge in [0, 0.05) is 37.5 Å². The van der Waals surface area contributed by atoms with Crippen molar-refractivity contribution in [2.24, 2.45) is 0 Å². The summed E-state index contributed by atoms with van der Waals surface area (Å²) >= 11 is 3.34. The molecule has 1 aliphatic heterocycles. The first-order chi connectivity index (χ1) is 9.05. The molecule has 5 nitrogen and oxygen atoms in total. The number of benzene rings is 1. The van der Waals surface area contributed by atoms with Gasteiger partial charge >= 0.3 is 5.97 Å². The molecule has 0 amide bonds. The van der Waals surface area contributed by atoms with E-state index in [0.717, 1.165) is 10.2 Å². The Labute approximate surface area is 120 Å². The lowest BCUT2D eigenvalue weighted by atomic mass is 10.2. The SMILES string of the molecule is COC1CN(c2cc(Br)cc(C(=O)O)c2)CC1OC. The van der Waals surface area contributed by atoms with Crippen LogP contribution in [0.2, 0.25) is 0 Å². The second-order valence-corrected chi connectivity index (χ2v) is 5.37. The number of anilines is 1. The summed E-state index contributed by atoms with van der Waals surface area (Å²) in [6.07, 6.45) is -0.00507. The molecule has 1 aliphatic rings. The van der Waals surface area contributed by atoms with Gasteiger partial charge in [-0.3, -0.25) is 0 Å². The van der Waals surface area contributed by atoms with Crippen LogP contribution in [0.4, 0.5) is 5.69 Å². The monoisotopic (exact) mass is 329 g/mol. The van der Waals surface area contributed by atoms with Gasteiger partial charge in [-0.05, 0) is 18.2 Å². The van der Waals surface area contributed by atoms with Crippen LogP contribution in [-0.4, -0.2) is 50.6 Å². The number of halogens is 1. The standard InChI is InChI=1S/C13H16BrNO4/c1-18-11-6-15(7-12(11)19-2)10-4-8(13(16)17)3-9(14)5-10/h3-5,11-12H,6-7H2,1-2H3,(H,16,17). The van der Waals surface area contributed by atoms with Crippen LogP contribution < -0.4 is 4.90 Å². The van der Waals surface area contributed by atoms with Crippen molar-refractivity contribution < 1.29 is 19.4 Å². The summed E-state index contributed by atoms with van der Waals surface area (Å²) in [5.74, 6) is -0.937. The normalized spacial score (nSPS) is 22.8. The first-order valence-electron chi connectivity index (χ1n) is 5.89. The fourth-order valence-electron chi connectivity index (χ4n) is 2.29. The molecule has 1 saturated heterocycles. The average molecular weight is 330 g/mol. The number of aromatic carboxylic acids is 1. The van der Waals surface area contributed by atoms with Gasteiger partial charge in [-0.2, -0.15) is 0 Å². The van der Waals surface area contributed by atoms with Crippen molar-refractivity contribution in [1.82, 2.24) is 0 Å². The fourth-order valence-corrected chi connectivity index (χ4v) is 2.77. The molecule has 104 valence electrons. The Hall–Kier alpha value is -1.11. The average Bonchev–Trinajstić information content (AvgIpc) is 2.81. The van der Waals surface area contributed by atoms with Crippen molar-refractivity contribution in [3.63, 3.8) is 0 Å². The second-order valence-electron chi connectivity index (χ2n) is 4.46. The van der Waals surface area contributed by atoms with Crippen LogP contribution in [0.5, 0.6) is 0 Å². The van der Waals surface area contributed by atoms with Crippen LogP contribution >= 0.6 is 15.9 Å². The van der Waals surface area contributed by atoms with Crippen molar-refractivity contribution in [2.45, 2.75) is 12.2 Å². The zero-order valence-corrected chi connectivity index (χ0v) is 12.4. The number of carbonyl (C=O) groups is 1. The van der Waals surface area contributed by atoms with Gasteiger partial charge in [0.2, 0.25) is 0 Å². The largest absolute Gasteiger partial charge is 0.478 e. The lowest BCUT2D eigenvalue weighted by molar-refractivity contribution is -0.00461. The second kappa shape index (κ2) is 5.90. The molecule has 19 heavy (non-hydrogen) atoms. The predicted octanol–water partition coefficient (Wildman–Crippen LogP) is 2.00. The Balaban J connectivity index is 2.25. The Morgan fingerprint density at radius 1 is 1.26 bits per heavy atom. The van der Waals surface area contributed by atoms with E-state index in [1.54, 1.807) is 26.4 Å². The minimum absolute atomic E-state index is 0.00254. The molecule has 1 fully saturated rings. The molecule has 2 rings (SSSR count). The summed E-state index contributed by atoms with van der Waals surface area (Å²) in [4.78, 5) is 13.1. The summed E-state index contributed by atoms with van der Waals surface area (Å²) in [5, 5.41) is 9.08. The molecule has 2 atom stereocenters. The quantitative estimate of drug-likeness (QED) is 0.915. The maximum absolute atomic E-state index is 11.1. The van der Waals surface area contributed by atoms with E-state index < -0.39 is 5.97 Å². The van der Waals surface area contributed by atoms with Crippen molar-refractivity contribution in [1.29, 1.82) is 0 Å². The molecule has 1 N–H and O–H groups in total. The first-order valence-corrected chi connectivity index (χ1v) is 6.69. The Bertz CT molecular complexity index is 468. The molecular formula is C13H16BrNO4. The van der Waals surface area contributed by atoms with Crippen molar-refractivity contribution in [2.75, 3.05) is 32.2 Å². The van der Waals surface area contributed by atoms with Crippen LogP contribution in [0.1, 0.15) is 10.4 Å². The maximum atomic E-state index is 11.1. The maximum Gasteiger partial charge on any atom is 0.335 e. The van der Waals surface area contributed by atoms with E-state index in [2.05, 4.69) is 20.8 Å². The zero-order chi connectivity index (χ0) is 14.0. The Kier molecular flexibility index (Phi) is 4.44. The van der Waals surface area contributed by atoms with Gasteiger partial charge in [-0.1, -0.05) is 15.9 Å². The van der Waals surface area contributed by atoms with Crippen LogP contribution in [0, 0.1) is 0 Å². The van der Waals surface area contributed by atoms with Gasteiger partial charge in [0.25, 0.3) is 0 Å². The highest BCUT2D eigenvalue weighted by atomic mass is 79.9.